The molecule has 0 fully saturated rings. The van der Waals surface area contributed by atoms with Gasteiger partial charge in [-0.3, -0.25) is 9.78 Å². The Labute approximate surface area is 132 Å². The summed E-state index contributed by atoms with van der Waals surface area (Å²) in [6, 6.07) is 5.01. The predicted octanol–water partition coefficient (Wildman–Crippen LogP) is 3.60. The smallest absolute Gasteiger partial charge is 0.274 e. The average Bonchev–Trinajstić information content (AvgIpc) is 2.57. The molecule has 0 saturated carbocycles. The number of hydrogen-bond donors (Lipinski definition) is 1. The Morgan fingerprint density at radius 2 is 1.83 bits per heavy atom. The largest absolute Gasteiger partial charge is 0.372 e. The van der Waals surface area contributed by atoms with Crippen molar-refractivity contribution in [2.75, 3.05) is 23.3 Å². The van der Waals surface area contributed by atoms with Crippen LogP contribution in [-0.4, -0.2) is 24.0 Å². The van der Waals surface area contributed by atoms with Crippen LogP contribution in [0.2, 0.25) is 0 Å². The van der Waals surface area contributed by atoms with Gasteiger partial charge >= 0.3 is 0 Å². The summed E-state index contributed by atoms with van der Waals surface area (Å²) in [4.78, 5) is 18.1. The number of benzene rings is 1. The van der Waals surface area contributed by atoms with Gasteiger partial charge in [-0.25, -0.2) is 13.2 Å². The molecule has 2 aromatic rings. The van der Waals surface area contributed by atoms with Crippen molar-refractivity contribution in [1.82, 2.24) is 4.98 Å². The number of halogens is 3. The average molecular weight is 323 g/mol. The third-order valence-corrected chi connectivity index (χ3v) is 3.39. The number of pyridine rings is 1. The SMILES string of the molecule is CCN(CC)c1ccnc(C(=O)Nc2ccc(F)c(F)c2F)c1. The molecule has 7 heteroatoms. The summed E-state index contributed by atoms with van der Waals surface area (Å²) in [5.74, 6) is -5.10. The molecule has 0 spiro atoms. The zero-order chi connectivity index (χ0) is 17.0. The second kappa shape index (κ2) is 7.13. The Kier molecular flexibility index (Phi) is 5.20. The zero-order valence-electron chi connectivity index (χ0n) is 12.7. The molecule has 0 aliphatic heterocycles. The highest BCUT2D eigenvalue weighted by Gasteiger charge is 2.17. The predicted molar refractivity (Wildman–Crippen MR) is 82.1 cm³/mol. The maximum atomic E-state index is 13.6. The van der Waals surface area contributed by atoms with E-state index in [0.29, 0.717) is 0 Å². The Morgan fingerprint density at radius 1 is 1.13 bits per heavy atom. The lowest BCUT2D eigenvalue weighted by Gasteiger charge is -2.21. The normalized spacial score (nSPS) is 10.5. The molecule has 0 unspecified atom stereocenters. The summed E-state index contributed by atoms with van der Waals surface area (Å²) in [5, 5.41) is 2.20. The Hall–Kier alpha value is -2.57. The van der Waals surface area contributed by atoms with Gasteiger partial charge in [0.15, 0.2) is 17.5 Å². The molecule has 1 heterocycles. The van der Waals surface area contributed by atoms with Crippen LogP contribution in [0.5, 0.6) is 0 Å². The van der Waals surface area contributed by atoms with Crippen LogP contribution in [0.25, 0.3) is 0 Å². The molecule has 0 aliphatic rings. The maximum Gasteiger partial charge on any atom is 0.274 e. The van der Waals surface area contributed by atoms with Crippen molar-refractivity contribution in [2.24, 2.45) is 0 Å². The van der Waals surface area contributed by atoms with Crippen molar-refractivity contribution >= 4 is 17.3 Å². The number of anilines is 2. The molecule has 0 saturated heterocycles. The third-order valence-electron chi connectivity index (χ3n) is 3.39. The topological polar surface area (TPSA) is 45.2 Å². The van der Waals surface area contributed by atoms with Crippen molar-refractivity contribution in [3.63, 3.8) is 0 Å². The first-order chi connectivity index (χ1) is 11.0. The number of carbonyl (C=O) groups excluding carboxylic acids is 1. The highest BCUT2D eigenvalue weighted by Crippen LogP contribution is 2.21. The van der Waals surface area contributed by atoms with Gasteiger partial charge in [0.1, 0.15) is 5.69 Å². The lowest BCUT2D eigenvalue weighted by Crippen LogP contribution is -2.23. The van der Waals surface area contributed by atoms with Gasteiger partial charge in [-0.2, -0.15) is 0 Å². The maximum absolute atomic E-state index is 13.6. The fraction of sp³-hybridized carbons (Fsp3) is 0.250. The van der Waals surface area contributed by atoms with Crippen molar-refractivity contribution in [1.29, 1.82) is 0 Å². The van der Waals surface area contributed by atoms with Gasteiger partial charge in [-0.1, -0.05) is 0 Å². The molecule has 1 amide bonds. The fourth-order valence-electron chi connectivity index (χ4n) is 2.14. The van der Waals surface area contributed by atoms with E-state index in [1.54, 1.807) is 12.1 Å². The molecule has 0 atom stereocenters. The van der Waals surface area contributed by atoms with Gasteiger partial charge in [0, 0.05) is 25.0 Å². The third kappa shape index (κ3) is 3.61. The number of carbonyl (C=O) groups is 1. The van der Waals surface area contributed by atoms with Crippen LogP contribution < -0.4 is 10.2 Å². The molecular formula is C16H16F3N3O. The Bertz CT molecular complexity index is 718. The number of nitrogens with zero attached hydrogens (tertiary/aromatic N) is 2. The minimum Gasteiger partial charge on any atom is -0.372 e. The molecule has 1 N–H and O–H groups in total. The van der Waals surface area contributed by atoms with E-state index >= 15 is 0 Å². The molecule has 0 bridgehead atoms. The van der Waals surface area contributed by atoms with E-state index in [0.717, 1.165) is 30.9 Å². The van der Waals surface area contributed by atoms with Gasteiger partial charge in [-0.05, 0) is 38.1 Å². The van der Waals surface area contributed by atoms with Crippen LogP contribution in [0.1, 0.15) is 24.3 Å². The number of nitrogens with one attached hydrogen (secondary N) is 1. The Morgan fingerprint density at radius 3 is 2.48 bits per heavy atom. The number of hydrogen-bond acceptors (Lipinski definition) is 3. The summed E-state index contributed by atoms with van der Waals surface area (Å²) >= 11 is 0. The molecule has 23 heavy (non-hydrogen) atoms. The summed E-state index contributed by atoms with van der Waals surface area (Å²) in [6.45, 7) is 5.44. The van der Waals surface area contributed by atoms with Gasteiger partial charge in [0.2, 0.25) is 0 Å². The van der Waals surface area contributed by atoms with Crippen LogP contribution in [0.3, 0.4) is 0 Å². The van der Waals surface area contributed by atoms with Crippen LogP contribution in [0.4, 0.5) is 24.5 Å². The van der Waals surface area contributed by atoms with E-state index in [4.69, 9.17) is 0 Å². The van der Waals surface area contributed by atoms with E-state index in [2.05, 4.69) is 10.3 Å². The van der Waals surface area contributed by atoms with Crippen LogP contribution >= 0.6 is 0 Å². The molecule has 1 aromatic heterocycles. The first-order valence-electron chi connectivity index (χ1n) is 7.13. The minimum atomic E-state index is -1.63. The van der Waals surface area contributed by atoms with Gasteiger partial charge in [-0.15, -0.1) is 0 Å². The molecule has 1 aromatic carbocycles. The van der Waals surface area contributed by atoms with E-state index in [-0.39, 0.29) is 5.69 Å². The van der Waals surface area contributed by atoms with Crippen molar-refractivity contribution in [3.05, 3.63) is 53.6 Å². The number of aromatic nitrogens is 1. The number of rotatable bonds is 5. The lowest BCUT2D eigenvalue weighted by molar-refractivity contribution is 0.102. The lowest BCUT2D eigenvalue weighted by atomic mass is 10.2. The number of amides is 1. The Balaban J connectivity index is 2.25. The fourth-order valence-corrected chi connectivity index (χ4v) is 2.14. The van der Waals surface area contributed by atoms with Crippen molar-refractivity contribution < 1.29 is 18.0 Å². The van der Waals surface area contributed by atoms with E-state index in [1.165, 1.54) is 6.20 Å². The van der Waals surface area contributed by atoms with Gasteiger partial charge < -0.3 is 10.2 Å². The second-order valence-corrected chi connectivity index (χ2v) is 4.75. The van der Waals surface area contributed by atoms with Crippen LogP contribution in [0, 0.1) is 17.5 Å². The highest BCUT2D eigenvalue weighted by atomic mass is 19.2. The minimum absolute atomic E-state index is 0.0542. The van der Waals surface area contributed by atoms with Gasteiger partial charge in [0.25, 0.3) is 5.91 Å². The molecule has 2 rings (SSSR count). The highest BCUT2D eigenvalue weighted by molar-refractivity contribution is 6.03. The standard InChI is InChI=1S/C16H16F3N3O/c1-3-22(4-2)10-7-8-20-13(9-10)16(23)21-12-6-5-11(17)14(18)15(12)19/h5-9H,3-4H2,1-2H3,(H,21,23). The molecule has 122 valence electrons. The molecule has 0 aliphatic carbocycles. The zero-order valence-corrected chi connectivity index (χ0v) is 12.7. The molecule has 4 nitrogen and oxygen atoms in total. The quantitative estimate of drug-likeness (QED) is 0.855. The summed E-state index contributed by atoms with van der Waals surface area (Å²) in [5.41, 5.74) is 0.406. The first kappa shape index (κ1) is 16.8. The van der Waals surface area contributed by atoms with E-state index in [1.807, 2.05) is 18.7 Å². The molecular weight excluding hydrogens is 307 g/mol. The van der Waals surface area contributed by atoms with Gasteiger partial charge in [0.05, 0.1) is 5.69 Å². The summed E-state index contributed by atoms with van der Waals surface area (Å²) in [6.07, 6.45) is 1.46. The van der Waals surface area contributed by atoms with Crippen LogP contribution in [-0.2, 0) is 0 Å². The summed E-state index contributed by atoms with van der Waals surface area (Å²) in [7, 11) is 0. The van der Waals surface area contributed by atoms with Crippen molar-refractivity contribution in [3.8, 4) is 0 Å². The van der Waals surface area contributed by atoms with E-state index < -0.39 is 29.0 Å². The van der Waals surface area contributed by atoms with Crippen LogP contribution in [0.15, 0.2) is 30.5 Å². The first-order valence-corrected chi connectivity index (χ1v) is 7.13. The summed E-state index contributed by atoms with van der Waals surface area (Å²) < 4.78 is 39.7. The monoisotopic (exact) mass is 323 g/mol. The van der Waals surface area contributed by atoms with Crippen molar-refractivity contribution in [2.45, 2.75) is 13.8 Å². The molecule has 0 radical (unpaired) electrons. The second-order valence-electron chi connectivity index (χ2n) is 4.75. The van der Waals surface area contributed by atoms with E-state index in [9.17, 15) is 18.0 Å².